The largest absolute Gasteiger partial charge is 0.384 e. The molecule has 0 saturated carbocycles. The Morgan fingerprint density at radius 3 is 2.89 bits per heavy atom. The third-order valence-corrected chi connectivity index (χ3v) is 3.27. The zero-order valence-corrected chi connectivity index (χ0v) is 12.2. The lowest BCUT2D eigenvalue weighted by atomic mass is 10.2. The van der Waals surface area contributed by atoms with Crippen LogP contribution in [0.25, 0.3) is 0 Å². The molecule has 3 N–H and O–H groups in total. The molecule has 0 aliphatic heterocycles. The minimum Gasteiger partial charge on any atom is -0.384 e. The lowest BCUT2D eigenvalue weighted by Gasteiger charge is -2.21. The van der Waals surface area contributed by atoms with Crippen LogP contribution >= 0.6 is 11.3 Å². The Labute approximate surface area is 118 Å². The number of thiophene rings is 1. The lowest BCUT2D eigenvalue weighted by Crippen LogP contribution is -2.35. The fraction of sp³-hybridized carbons (Fsp3) is 0.500. The maximum atomic E-state index is 11.1. The van der Waals surface area contributed by atoms with Crippen LogP contribution in [0.15, 0.2) is 11.4 Å². The molecule has 0 fully saturated rings. The van der Waals surface area contributed by atoms with E-state index in [0.717, 1.165) is 17.0 Å². The van der Waals surface area contributed by atoms with Gasteiger partial charge in [0.25, 0.3) is 0 Å². The number of primary amides is 1. The van der Waals surface area contributed by atoms with Crippen LogP contribution in [0.3, 0.4) is 0 Å². The van der Waals surface area contributed by atoms with E-state index in [9.17, 15) is 4.79 Å². The van der Waals surface area contributed by atoms with Gasteiger partial charge in [-0.3, -0.25) is 9.69 Å². The van der Waals surface area contributed by atoms with Gasteiger partial charge in [-0.2, -0.15) is 0 Å². The molecule has 0 unspecified atom stereocenters. The number of aliphatic hydroxyl groups is 1. The maximum absolute atomic E-state index is 11.1. The van der Waals surface area contributed by atoms with Gasteiger partial charge in [-0.1, -0.05) is 25.7 Å². The molecule has 4 nitrogen and oxygen atoms in total. The van der Waals surface area contributed by atoms with E-state index in [0.29, 0.717) is 12.5 Å². The molecule has 0 radical (unpaired) electrons. The lowest BCUT2D eigenvalue weighted by molar-refractivity contribution is -0.119. The highest BCUT2D eigenvalue weighted by atomic mass is 32.1. The van der Waals surface area contributed by atoms with Crippen LogP contribution in [0.1, 0.15) is 24.3 Å². The summed E-state index contributed by atoms with van der Waals surface area (Å²) in [4.78, 5) is 14.2. The molecule has 0 aromatic carbocycles. The summed E-state index contributed by atoms with van der Waals surface area (Å²) in [5.41, 5.74) is 6.17. The van der Waals surface area contributed by atoms with E-state index in [4.69, 9.17) is 10.8 Å². The minimum atomic E-state index is -0.308. The number of carbonyl (C=O) groups is 1. The van der Waals surface area contributed by atoms with Crippen molar-refractivity contribution in [3.63, 3.8) is 0 Å². The number of amides is 1. The first-order chi connectivity index (χ1) is 9.01. The molecule has 19 heavy (non-hydrogen) atoms. The average Bonchev–Trinajstić information content (AvgIpc) is 2.72. The normalized spacial score (nSPS) is 10.6. The molecule has 0 atom stereocenters. The van der Waals surface area contributed by atoms with E-state index in [1.54, 1.807) is 11.3 Å². The third kappa shape index (κ3) is 6.39. The second kappa shape index (κ2) is 7.95. The Kier molecular flexibility index (Phi) is 6.57. The van der Waals surface area contributed by atoms with Gasteiger partial charge in [0.1, 0.15) is 6.61 Å². The average molecular weight is 280 g/mol. The van der Waals surface area contributed by atoms with E-state index in [-0.39, 0.29) is 19.1 Å². The molecule has 0 aliphatic carbocycles. The molecule has 104 valence electrons. The number of carbonyl (C=O) groups excluding carboxylic acids is 1. The Hall–Kier alpha value is -1.35. The van der Waals surface area contributed by atoms with E-state index in [2.05, 4.69) is 25.7 Å². The van der Waals surface area contributed by atoms with Crippen molar-refractivity contribution in [2.45, 2.75) is 20.4 Å². The van der Waals surface area contributed by atoms with Crippen molar-refractivity contribution < 1.29 is 9.90 Å². The van der Waals surface area contributed by atoms with Crippen LogP contribution in [0, 0.1) is 17.8 Å². The topological polar surface area (TPSA) is 66.6 Å². The second-order valence-corrected chi connectivity index (χ2v) is 5.79. The summed E-state index contributed by atoms with van der Waals surface area (Å²) < 4.78 is 0. The molecule has 5 heteroatoms. The number of hydrogen-bond donors (Lipinski definition) is 2. The summed E-state index contributed by atoms with van der Waals surface area (Å²) in [7, 11) is 0. The molecule has 1 amide bonds. The monoisotopic (exact) mass is 280 g/mol. The van der Waals surface area contributed by atoms with Gasteiger partial charge in [0.15, 0.2) is 0 Å². The standard InChI is InChI=1S/C14H20N2O2S/c1-11(2)7-16(9-14(15)18)8-13-6-12(10-19-13)4-3-5-17/h6,10-11,17H,5,7-9H2,1-2H3,(H2,15,18). The Bertz CT molecular complexity index is 471. The Balaban J connectivity index is 2.67. The predicted molar refractivity (Wildman–Crippen MR) is 77.6 cm³/mol. The second-order valence-electron chi connectivity index (χ2n) is 4.79. The highest BCUT2D eigenvalue weighted by molar-refractivity contribution is 7.10. The van der Waals surface area contributed by atoms with E-state index in [1.165, 1.54) is 0 Å². The van der Waals surface area contributed by atoms with Crippen LogP contribution in [0.2, 0.25) is 0 Å². The van der Waals surface area contributed by atoms with Crippen molar-refractivity contribution in [3.05, 3.63) is 21.9 Å². The minimum absolute atomic E-state index is 0.133. The van der Waals surface area contributed by atoms with Crippen molar-refractivity contribution in [1.29, 1.82) is 0 Å². The van der Waals surface area contributed by atoms with Gasteiger partial charge in [0.2, 0.25) is 5.91 Å². The highest BCUT2D eigenvalue weighted by Crippen LogP contribution is 2.16. The summed E-state index contributed by atoms with van der Waals surface area (Å²) in [5.74, 6) is 5.66. The summed E-state index contributed by atoms with van der Waals surface area (Å²) in [6.45, 7) is 5.90. The van der Waals surface area contributed by atoms with Gasteiger partial charge in [0, 0.05) is 28.9 Å². The van der Waals surface area contributed by atoms with Crippen molar-refractivity contribution in [2.24, 2.45) is 11.7 Å². The predicted octanol–water partition coefficient (Wildman–Crippen LogP) is 1.04. The fourth-order valence-corrected chi connectivity index (χ4v) is 2.67. The van der Waals surface area contributed by atoms with Crippen LogP contribution in [0.5, 0.6) is 0 Å². The SMILES string of the molecule is CC(C)CN(CC(N)=O)Cc1cc(C#CCO)cs1. The smallest absolute Gasteiger partial charge is 0.231 e. The first-order valence-corrected chi connectivity index (χ1v) is 7.07. The van der Waals surface area contributed by atoms with Crippen LogP contribution < -0.4 is 5.73 Å². The first-order valence-electron chi connectivity index (χ1n) is 6.19. The number of nitrogens with two attached hydrogens (primary N) is 1. The molecule has 0 spiro atoms. The summed E-state index contributed by atoms with van der Waals surface area (Å²) in [6, 6.07) is 1.99. The quantitative estimate of drug-likeness (QED) is 0.765. The summed E-state index contributed by atoms with van der Waals surface area (Å²) in [5, 5.41) is 10.6. The number of nitrogens with zero attached hydrogens (tertiary/aromatic N) is 1. The molecule has 1 aromatic heterocycles. The molecule has 0 saturated heterocycles. The zero-order valence-electron chi connectivity index (χ0n) is 11.3. The van der Waals surface area contributed by atoms with Gasteiger partial charge in [0.05, 0.1) is 6.54 Å². The van der Waals surface area contributed by atoms with Crippen LogP contribution in [0.4, 0.5) is 0 Å². The van der Waals surface area contributed by atoms with Crippen molar-refractivity contribution in [2.75, 3.05) is 19.7 Å². The Morgan fingerprint density at radius 2 is 2.32 bits per heavy atom. The van der Waals surface area contributed by atoms with E-state index >= 15 is 0 Å². The van der Waals surface area contributed by atoms with Crippen molar-refractivity contribution in [3.8, 4) is 11.8 Å². The van der Waals surface area contributed by atoms with Crippen LogP contribution in [-0.2, 0) is 11.3 Å². The molecular weight excluding hydrogens is 260 g/mol. The fourth-order valence-electron chi connectivity index (χ4n) is 1.81. The number of aliphatic hydroxyl groups excluding tert-OH is 1. The van der Waals surface area contributed by atoms with Gasteiger partial charge in [-0.05, 0) is 12.0 Å². The molecule has 1 aromatic rings. The zero-order chi connectivity index (χ0) is 14.3. The number of rotatable bonds is 6. The van der Waals surface area contributed by atoms with Gasteiger partial charge < -0.3 is 10.8 Å². The van der Waals surface area contributed by atoms with Gasteiger partial charge in [-0.25, -0.2) is 0 Å². The first kappa shape index (κ1) is 15.7. The highest BCUT2D eigenvalue weighted by Gasteiger charge is 2.12. The maximum Gasteiger partial charge on any atom is 0.231 e. The van der Waals surface area contributed by atoms with E-state index < -0.39 is 0 Å². The van der Waals surface area contributed by atoms with Crippen molar-refractivity contribution >= 4 is 17.2 Å². The molecule has 1 rings (SSSR count). The van der Waals surface area contributed by atoms with E-state index in [1.807, 2.05) is 16.3 Å². The molecule has 0 bridgehead atoms. The Morgan fingerprint density at radius 1 is 1.58 bits per heavy atom. The number of hydrogen-bond acceptors (Lipinski definition) is 4. The summed E-state index contributed by atoms with van der Waals surface area (Å²) >= 11 is 1.60. The van der Waals surface area contributed by atoms with Crippen molar-refractivity contribution in [1.82, 2.24) is 4.90 Å². The van der Waals surface area contributed by atoms with Gasteiger partial charge in [-0.15, -0.1) is 11.3 Å². The van der Waals surface area contributed by atoms with Crippen LogP contribution in [-0.4, -0.2) is 35.6 Å². The molecular formula is C14H20N2O2S. The summed E-state index contributed by atoms with van der Waals surface area (Å²) in [6.07, 6.45) is 0. The third-order valence-electron chi connectivity index (χ3n) is 2.35. The molecule has 1 heterocycles. The van der Waals surface area contributed by atoms with Gasteiger partial charge >= 0.3 is 0 Å². The molecule has 0 aliphatic rings.